The lowest BCUT2D eigenvalue weighted by atomic mass is 9.97. The maximum Gasteiger partial charge on any atom is 0.187 e. The van der Waals surface area contributed by atoms with Gasteiger partial charge in [0.2, 0.25) is 0 Å². The Bertz CT molecular complexity index is 1080. The van der Waals surface area contributed by atoms with Gasteiger partial charge in [0.05, 0.1) is 33.0 Å². The molecule has 4 heterocycles. The zero-order valence-electron chi connectivity index (χ0n) is 30.2. The molecular weight excluding hydrogens is 808 g/mol. The van der Waals surface area contributed by atoms with Crippen LogP contribution in [0.25, 0.3) is 0 Å². The lowest BCUT2D eigenvalue weighted by Crippen LogP contribution is -2.64. The van der Waals surface area contributed by atoms with Crippen LogP contribution in [-0.4, -0.2) is 294 Å². The molecule has 0 amide bonds. The summed E-state index contributed by atoms with van der Waals surface area (Å²) < 4.78 is 30.5. The number of hydrogen-bond donors (Lipinski definition) is 21. The number of aldehydes is 1. The maximum atomic E-state index is 9.94. The lowest BCUT2D eigenvalue weighted by molar-refractivity contribution is -0.355. The Morgan fingerprint density at radius 1 is 0.431 bits per heavy atom. The second-order valence-electron chi connectivity index (χ2n) is 13.4. The predicted molar refractivity (Wildman–Crippen MR) is 174 cm³/mol. The van der Waals surface area contributed by atoms with Gasteiger partial charge < -0.3 is 140 Å². The third-order valence-electron chi connectivity index (χ3n) is 9.38. The number of carbonyl (C=O) groups is 1. The molecule has 4 rings (SSSR count). The van der Waals surface area contributed by atoms with Gasteiger partial charge in [-0.25, -0.2) is 0 Å². The van der Waals surface area contributed by atoms with Gasteiger partial charge in [-0.1, -0.05) is 0 Å². The fourth-order valence-electron chi connectivity index (χ4n) is 5.76. The van der Waals surface area contributed by atoms with E-state index in [0.717, 1.165) is 0 Å². The molecule has 0 aromatic heterocycles. The number of aliphatic hydroxyl groups is 21. The maximum absolute atomic E-state index is 9.94. The summed E-state index contributed by atoms with van der Waals surface area (Å²) in [5.74, 6) is 0. The Hall–Kier alpha value is -1.41. The van der Waals surface area contributed by atoms with Gasteiger partial charge in [-0.15, -0.1) is 0 Å². The highest BCUT2D eigenvalue weighted by molar-refractivity contribution is 5.56. The van der Waals surface area contributed by atoms with E-state index < -0.39 is 180 Å². The minimum Gasteiger partial charge on any atom is -0.394 e. The summed E-state index contributed by atoms with van der Waals surface area (Å²) in [6.07, 6.45) is -38.0. The third-order valence-corrected chi connectivity index (χ3v) is 9.38. The van der Waals surface area contributed by atoms with Gasteiger partial charge in [0.15, 0.2) is 31.4 Å². The predicted octanol–water partition coefficient (Wildman–Crippen LogP) is -14.2. The van der Waals surface area contributed by atoms with Gasteiger partial charge in [-0.2, -0.15) is 0 Å². The van der Waals surface area contributed by atoms with Crippen molar-refractivity contribution in [2.24, 2.45) is 0 Å². The molecule has 0 saturated carbocycles. The first-order valence-electron chi connectivity index (χ1n) is 17.5. The van der Waals surface area contributed by atoms with Crippen LogP contribution in [0.5, 0.6) is 0 Å². The molecule has 28 heteroatoms. The molecule has 0 radical (unpaired) electrons. The molecule has 4 saturated heterocycles. The Morgan fingerprint density at radius 2 is 0.776 bits per heavy atom. The van der Waals surface area contributed by atoms with Gasteiger partial charge in [-0.3, -0.25) is 0 Å². The fraction of sp³-hybridized carbons (Fsp3) is 0.967. The third kappa shape index (κ3) is 12.8. The zero-order chi connectivity index (χ0) is 44.3. The Kier molecular flexibility index (Phi) is 22.1. The molecule has 0 aromatic carbocycles. The van der Waals surface area contributed by atoms with Crippen LogP contribution in [0.3, 0.4) is 0 Å². The first kappa shape index (κ1) is 52.7. The van der Waals surface area contributed by atoms with E-state index >= 15 is 0 Å². The van der Waals surface area contributed by atoms with Crippen LogP contribution in [0.1, 0.15) is 0 Å². The van der Waals surface area contributed by atoms with Crippen molar-refractivity contribution in [3.63, 3.8) is 0 Å². The highest BCUT2D eigenvalue weighted by atomic mass is 16.7. The van der Waals surface area contributed by atoms with Gasteiger partial charge in [0, 0.05) is 0 Å². The smallest absolute Gasteiger partial charge is 0.187 e. The van der Waals surface area contributed by atoms with E-state index in [0.29, 0.717) is 0 Å². The first-order valence-corrected chi connectivity index (χ1v) is 17.5. The van der Waals surface area contributed by atoms with Crippen molar-refractivity contribution in [2.75, 3.05) is 33.0 Å². The molecule has 24 atom stereocenters. The van der Waals surface area contributed by atoms with E-state index in [1.807, 2.05) is 0 Å². The van der Waals surface area contributed by atoms with Gasteiger partial charge in [0.1, 0.15) is 122 Å². The second-order valence-corrected chi connectivity index (χ2v) is 13.4. The van der Waals surface area contributed by atoms with Gasteiger partial charge in [0.25, 0.3) is 0 Å². The summed E-state index contributed by atoms with van der Waals surface area (Å²) in [4.78, 5) is 9.90. The van der Waals surface area contributed by atoms with Crippen LogP contribution in [0, 0.1) is 0 Å². The quantitative estimate of drug-likeness (QED) is 0.0764. The van der Waals surface area contributed by atoms with Crippen LogP contribution in [0.15, 0.2) is 0 Å². The van der Waals surface area contributed by atoms with Crippen molar-refractivity contribution < 1.29 is 140 Å². The van der Waals surface area contributed by atoms with Crippen LogP contribution >= 0.6 is 0 Å². The minimum atomic E-state index is -1.79. The first-order chi connectivity index (χ1) is 27.2. The van der Waals surface area contributed by atoms with Crippen LogP contribution < -0.4 is 0 Å². The molecule has 0 aliphatic carbocycles. The molecule has 344 valence electrons. The summed E-state index contributed by atoms with van der Waals surface area (Å²) in [6.45, 7) is -3.45. The molecular formula is C30H56O28. The van der Waals surface area contributed by atoms with Crippen molar-refractivity contribution in [3.8, 4) is 0 Å². The van der Waals surface area contributed by atoms with Crippen molar-refractivity contribution in [2.45, 2.75) is 147 Å². The topological polar surface area (TPSA) is 497 Å². The van der Waals surface area contributed by atoms with Crippen molar-refractivity contribution in [3.05, 3.63) is 0 Å². The Labute approximate surface area is 327 Å². The number of ether oxygens (including phenoxy) is 6. The van der Waals surface area contributed by atoms with Crippen LogP contribution in [0.4, 0.5) is 0 Å². The minimum absolute atomic E-state index is 0.0258. The molecule has 4 aliphatic heterocycles. The zero-order valence-corrected chi connectivity index (χ0v) is 30.2. The number of carbonyl (C=O) groups excluding carboxylic acids is 1. The normalized spacial score (nSPS) is 45.3. The van der Waals surface area contributed by atoms with E-state index in [4.69, 9.17) is 64.2 Å². The number of hydrogen-bond acceptors (Lipinski definition) is 28. The molecule has 58 heavy (non-hydrogen) atoms. The summed E-state index contributed by atoms with van der Waals surface area (Å²) in [7, 11) is 0. The van der Waals surface area contributed by atoms with Crippen molar-refractivity contribution in [1.29, 1.82) is 0 Å². The summed E-state index contributed by atoms with van der Waals surface area (Å²) >= 11 is 0. The van der Waals surface area contributed by atoms with Crippen LogP contribution in [-0.2, 0) is 33.2 Å². The van der Waals surface area contributed by atoms with Crippen LogP contribution in [0.2, 0.25) is 0 Å². The van der Waals surface area contributed by atoms with E-state index in [2.05, 4.69) is 0 Å². The average molecular weight is 865 g/mol. The monoisotopic (exact) mass is 864 g/mol. The molecule has 0 spiro atoms. The summed E-state index contributed by atoms with van der Waals surface area (Å²) in [5.41, 5.74) is 0. The summed E-state index contributed by atoms with van der Waals surface area (Å²) in [5, 5.41) is 197. The Balaban J connectivity index is 0.000000317. The molecule has 21 N–H and O–H groups in total. The van der Waals surface area contributed by atoms with Crippen molar-refractivity contribution in [1.82, 2.24) is 0 Å². The molecule has 4 fully saturated rings. The average Bonchev–Trinajstić information content (AvgIpc) is 3.22. The standard InChI is InChI=1S/2C12H22O11.C6H12O6/c2*13-1-3-5(15)6(16)9(19)12(22-3)23-10-4(2-14)21-11(20)8(18)7(10)17;7-1-3(9)5(11)6(12)4(10)2-8/h2*3-20H,1-2H2;1,3-6,8-12H,2H2/t3-,4-,5+,6+,7-,8-,9-,10-,11-,12+;3-,4-,5-,6+,7-,8-,9-,10-,11-,12+;3-,4+,5+,6+/m110/s1. The fourth-order valence-corrected chi connectivity index (χ4v) is 5.76. The van der Waals surface area contributed by atoms with E-state index in [1.165, 1.54) is 0 Å². The van der Waals surface area contributed by atoms with E-state index in [-0.39, 0.29) is 6.29 Å². The van der Waals surface area contributed by atoms with Crippen molar-refractivity contribution >= 4 is 6.29 Å². The van der Waals surface area contributed by atoms with Gasteiger partial charge in [-0.05, 0) is 0 Å². The number of rotatable bonds is 13. The number of aliphatic hydroxyl groups excluding tert-OH is 21. The molecule has 4 aliphatic rings. The summed E-state index contributed by atoms with van der Waals surface area (Å²) in [6, 6.07) is 0. The second kappa shape index (κ2) is 24.3. The molecule has 0 aromatic rings. The largest absolute Gasteiger partial charge is 0.394 e. The van der Waals surface area contributed by atoms with Gasteiger partial charge >= 0.3 is 0 Å². The Morgan fingerprint density at radius 3 is 1.07 bits per heavy atom. The van der Waals surface area contributed by atoms with E-state index in [9.17, 15) is 76.3 Å². The highest BCUT2D eigenvalue weighted by Crippen LogP contribution is 2.30. The lowest BCUT2D eigenvalue weighted by Gasteiger charge is -2.45. The van der Waals surface area contributed by atoms with E-state index in [1.54, 1.807) is 0 Å². The SMILES string of the molecule is O=C[C@H](O)[C@@H](O)[C@H](O)[C@H](O)CO.OC[C@H]1O[C@@H](O[C@H]2[C@H](O)[C@@H](O)[C@H](O)O[C@@H]2CO)[C@H](O)[C@@H](O)[C@@H]1O.OC[C@H]1O[C@@H](O[C@H]2[C@H](O)[C@@H](O)[C@H](O)O[C@@H]2CO)[C@H](O)[C@@H](O)[C@H]1O. The molecule has 0 bridgehead atoms. The molecule has 0 unspecified atom stereocenters. The highest BCUT2D eigenvalue weighted by Gasteiger charge is 2.52. The molecule has 28 nitrogen and oxygen atoms in total.